The van der Waals surface area contributed by atoms with E-state index < -0.39 is 10.4 Å². The molecule has 0 radical (unpaired) electrons. The molecule has 0 aromatic carbocycles. The fourth-order valence-electron chi connectivity index (χ4n) is 1.91. The van der Waals surface area contributed by atoms with Gasteiger partial charge in [-0.3, -0.25) is 9.92 Å². The van der Waals surface area contributed by atoms with Crippen molar-refractivity contribution in [2.75, 3.05) is 26.2 Å². The average molecular weight is 284 g/mol. The van der Waals surface area contributed by atoms with Crippen molar-refractivity contribution >= 4 is 10.4 Å². The molecular formula is C11H28N2O4S. The zero-order valence-corrected chi connectivity index (χ0v) is 13.0. The molecule has 0 heterocycles. The van der Waals surface area contributed by atoms with Gasteiger partial charge < -0.3 is 9.04 Å². The van der Waals surface area contributed by atoms with E-state index in [0.717, 1.165) is 30.5 Å². The monoisotopic (exact) mass is 284 g/mol. The third-order valence-corrected chi connectivity index (χ3v) is 3.80. The molecule has 112 valence electrons. The minimum absolute atomic E-state index is 0.0914. The van der Waals surface area contributed by atoms with Crippen LogP contribution in [0.1, 0.15) is 41.0 Å². The van der Waals surface area contributed by atoms with Crippen molar-refractivity contribution in [1.29, 1.82) is 0 Å². The average Bonchev–Trinajstić information content (AvgIpc) is 2.31. The summed E-state index contributed by atoms with van der Waals surface area (Å²) in [6, 6.07) is 0. The molecule has 7 heteroatoms. The van der Waals surface area contributed by atoms with Crippen molar-refractivity contribution in [2.24, 2.45) is 5.73 Å². The van der Waals surface area contributed by atoms with Crippen molar-refractivity contribution < 1.29 is 21.6 Å². The van der Waals surface area contributed by atoms with Gasteiger partial charge in [0.05, 0.1) is 26.2 Å². The maximum Gasteiger partial charge on any atom is 0.217 e. The predicted octanol–water partition coefficient (Wildman–Crippen LogP) is 1.04. The van der Waals surface area contributed by atoms with E-state index >= 15 is 0 Å². The molecule has 0 aromatic heterocycles. The summed E-state index contributed by atoms with van der Waals surface area (Å²) in [7, 11) is -4.42. The summed E-state index contributed by atoms with van der Waals surface area (Å²) in [6.45, 7) is 13.6. The van der Waals surface area contributed by atoms with Crippen molar-refractivity contribution in [1.82, 2.24) is 0 Å². The molecular weight excluding hydrogens is 256 g/mol. The molecule has 18 heavy (non-hydrogen) atoms. The molecule has 0 saturated heterocycles. The van der Waals surface area contributed by atoms with E-state index in [9.17, 15) is 13.0 Å². The topological polar surface area (TPSA) is 92.5 Å². The van der Waals surface area contributed by atoms with Crippen LogP contribution in [0.15, 0.2) is 0 Å². The van der Waals surface area contributed by atoms with Crippen LogP contribution in [-0.4, -0.2) is 49.9 Å². The van der Waals surface area contributed by atoms with Gasteiger partial charge in [-0.25, -0.2) is 8.42 Å². The fraction of sp³-hybridized carbons (Fsp3) is 1.00. The second-order valence-electron chi connectivity index (χ2n) is 3.96. The second-order valence-corrected chi connectivity index (χ2v) is 5.01. The van der Waals surface area contributed by atoms with Crippen molar-refractivity contribution in [2.45, 2.75) is 47.2 Å². The lowest BCUT2D eigenvalue weighted by molar-refractivity contribution is -0.946. The van der Waals surface area contributed by atoms with Gasteiger partial charge in [0, 0.05) is 6.42 Å². The van der Waals surface area contributed by atoms with Gasteiger partial charge in [0.15, 0.2) is 0 Å². The Morgan fingerprint density at radius 2 is 1.50 bits per heavy atom. The summed E-state index contributed by atoms with van der Waals surface area (Å²) in [5.41, 5.74) is 6.06. The number of nitrogens with two attached hydrogens (primary N) is 1. The van der Waals surface area contributed by atoms with Crippen molar-refractivity contribution in [3.63, 3.8) is 0 Å². The summed E-state index contributed by atoms with van der Waals surface area (Å²) in [5.74, 6) is 0. The summed E-state index contributed by atoms with van der Waals surface area (Å²) in [6.07, 6.45) is 1.41. The quantitative estimate of drug-likeness (QED) is 0.326. The van der Waals surface area contributed by atoms with Gasteiger partial charge in [0.25, 0.3) is 0 Å². The van der Waals surface area contributed by atoms with E-state index in [2.05, 4.69) is 31.9 Å². The summed E-state index contributed by atoms with van der Waals surface area (Å²) < 4.78 is 33.1. The van der Waals surface area contributed by atoms with Crippen LogP contribution in [0, 0.1) is 0 Å². The van der Waals surface area contributed by atoms with Gasteiger partial charge in [-0.05, 0) is 27.7 Å². The lowest BCUT2D eigenvalue weighted by Crippen LogP contribution is -2.58. The Hall–Kier alpha value is -0.210. The number of nitrogens with zero attached hydrogens (tertiary/aromatic N) is 1. The lowest BCUT2D eigenvalue weighted by atomic mass is 10.2. The van der Waals surface area contributed by atoms with E-state index in [4.69, 9.17) is 5.73 Å². The smallest absolute Gasteiger partial charge is 0.217 e. The zero-order chi connectivity index (χ0) is 14.8. The maximum absolute atomic E-state index is 9.45. The number of rotatable bonds is 7. The van der Waals surface area contributed by atoms with E-state index in [-0.39, 0.29) is 6.61 Å². The molecule has 0 amide bonds. The summed E-state index contributed by atoms with van der Waals surface area (Å²) >= 11 is 0. The highest BCUT2D eigenvalue weighted by atomic mass is 32.3. The van der Waals surface area contributed by atoms with Gasteiger partial charge in [-0.1, -0.05) is 6.92 Å². The van der Waals surface area contributed by atoms with Gasteiger partial charge in [0.2, 0.25) is 10.4 Å². The Morgan fingerprint density at radius 3 is 1.56 bits per heavy atom. The first-order valence-electron chi connectivity index (χ1n) is 6.44. The molecule has 0 rings (SSSR count). The van der Waals surface area contributed by atoms with Crippen LogP contribution in [0.4, 0.5) is 0 Å². The highest BCUT2D eigenvalue weighted by Crippen LogP contribution is 2.11. The van der Waals surface area contributed by atoms with Gasteiger partial charge >= 0.3 is 0 Å². The van der Waals surface area contributed by atoms with E-state index in [0.29, 0.717) is 6.17 Å². The normalized spacial score (nSPS) is 13.7. The summed E-state index contributed by atoms with van der Waals surface area (Å²) in [5, 5.41) is 0. The first-order valence-corrected chi connectivity index (χ1v) is 7.77. The van der Waals surface area contributed by atoms with Crippen LogP contribution in [0.5, 0.6) is 0 Å². The van der Waals surface area contributed by atoms with Crippen LogP contribution in [0.25, 0.3) is 0 Å². The molecule has 0 fully saturated rings. The zero-order valence-electron chi connectivity index (χ0n) is 12.2. The molecule has 0 aliphatic carbocycles. The van der Waals surface area contributed by atoms with Crippen molar-refractivity contribution in [3.8, 4) is 0 Å². The highest BCUT2D eigenvalue weighted by molar-refractivity contribution is 7.80. The number of hydrogen-bond acceptors (Lipinski definition) is 5. The molecule has 1 unspecified atom stereocenters. The van der Waals surface area contributed by atoms with Crippen LogP contribution < -0.4 is 5.73 Å². The summed E-state index contributed by atoms with van der Waals surface area (Å²) in [4.78, 5) is 0. The Morgan fingerprint density at radius 1 is 1.11 bits per heavy atom. The minimum atomic E-state index is -4.42. The maximum atomic E-state index is 9.45. The van der Waals surface area contributed by atoms with E-state index in [1.165, 1.54) is 6.92 Å². The number of quaternary nitrogens is 1. The Kier molecular flexibility index (Phi) is 10.8. The standard InChI is InChI=1S/C9H23N2.C2H6O4S/c1-5-9(10)11(6-2,7-3)8-4;1-2-6-7(3,4)5/h9H,5-8,10H2,1-4H3;2H2,1H3,(H,3,4,5)/q+1;/p-1. The van der Waals surface area contributed by atoms with E-state index in [1.807, 2.05) is 0 Å². The highest BCUT2D eigenvalue weighted by Gasteiger charge is 2.27. The van der Waals surface area contributed by atoms with E-state index in [1.54, 1.807) is 0 Å². The fourth-order valence-corrected chi connectivity index (χ4v) is 2.19. The molecule has 2 N–H and O–H groups in total. The first-order chi connectivity index (χ1) is 8.22. The molecule has 0 aliphatic heterocycles. The third-order valence-electron chi connectivity index (χ3n) is 3.27. The van der Waals surface area contributed by atoms with Crippen LogP contribution in [-0.2, 0) is 14.6 Å². The molecule has 1 atom stereocenters. The van der Waals surface area contributed by atoms with Gasteiger partial charge in [-0.2, -0.15) is 0 Å². The Bertz CT molecular complexity index is 281. The molecule has 6 nitrogen and oxygen atoms in total. The lowest BCUT2D eigenvalue weighted by Gasteiger charge is -2.40. The Labute approximate surface area is 112 Å². The molecule has 0 bridgehead atoms. The molecule has 0 aromatic rings. The molecule has 0 aliphatic rings. The second kappa shape index (κ2) is 9.69. The minimum Gasteiger partial charge on any atom is -0.726 e. The SMILES string of the molecule is CCC(N)[N+](CC)(CC)CC.CCOS(=O)(=O)[O-]. The molecule has 0 spiro atoms. The first kappa shape index (κ1) is 20.1. The predicted molar refractivity (Wildman–Crippen MR) is 71.5 cm³/mol. The van der Waals surface area contributed by atoms with Gasteiger partial charge in [0.1, 0.15) is 6.17 Å². The molecule has 0 saturated carbocycles. The van der Waals surface area contributed by atoms with Crippen LogP contribution in [0.2, 0.25) is 0 Å². The Balaban J connectivity index is 0. The number of hydrogen-bond donors (Lipinski definition) is 1. The van der Waals surface area contributed by atoms with Crippen molar-refractivity contribution in [3.05, 3.63) is 0 Å². The van der Waals surface area contributed by atoms with Crippen LogP contribution in [0.3, 0.4) is 0 Å². The van der Waals surface area contributed by atoms with Gasteiger partial charge in [-0.15, -0.1) is 0 Å². The van der Waals surface area contributed by atoms with Crippen LogP contribution >= 0.6 is 0 Å². The largest absolute Gasteiger partial charge is 0.726 e. The third kappa shape index (κ3) is 7.99.